The van der Waals surface area contributed by atoms with E-state index in [2.05, 4.69) is 17.4 Å². The fourth-order valence-electron chi connectivity index (χ4n) is 4.39. The summed E-state index contributed by atoms with van der Waals surface area (Å²) < 4.78 is 18.2. The minimum absolute atomic E-state index is 0.0359. The Morgan fingerprint density at radius 1 is 1.00 bits per heavy atom. The first-order chi connectivity index (χ1) is 16.7. The van der Waals surface area contributed by atoms with Crippen LogP contribution in [0.5, 0.6) is 17.2 Å². The molecule has 6 heteroatoms. The van der Waals surface area contributed by atoms with Gasteiger partial charge in [-0.05, 0) is 29.7 Å². The number of carbonyl (C=O) groups is 1. The number of rotatable bonds is 9. The van der Waals surface area contributed by atoms with Gasteiger partial charge in [-0.25, -0.2) is 0 Å². The molecule has 1 amide bonds. The van der Waals surface area contributed by atoms with Crippen LogP contribution >= 0.6 is 0 Å². The second-order valence-corrected chi connectivity index (χ2v) is 8.75. The highest BCUT2D eigenvalue weighted by Gasteiger charge is 2.26. The molecular formula is C28H30N2O4. The Morgan fingerprint density at radius 3 is 2.56 bits per heavy atom. The highest BCUT2D eigenvalue weighted by Crippen LogP contribution is 2.35. The molecule has 2 aliphatic rings. The third kappa shape index (κ3) is 5.51. The maximum absolute atomic E-state index is 12.2. The molecule has 34 heavy (non-hydrogen) atoms. The van der Waals surface area contributed by atoms with Gasteiger partial charge in [-0.15, -0.1) is 0 Å². The van der Waals surface area contributed by atoms with Crippen LogP contribution in [0.3, 0.4) is 0 Å². The molecule has 0 saturated carbocycles. The summed E-state index contributed by atoms with van der Waals surface area (Å²) in [4.78, 5) is 14.2. The molecule has 2 atom stereocenters. The Morgan fingerprint density at radius 2 is 1.79 bits per heavy atom. The number of hydrogen-bond donors (Lipinski definition) is 1. The third-order valence-electron chi connectivity index (χ3n) is 6.25. The van der Waals surface area contributed by atoms with Gasteiger partial charge in [0.2, 0.25) is 5.91 Å². The van der Waals surface area contributed by atoms with Gasteiger partial charge in [0, 0.05) is 32.1 Å². The summed E-state index contributed by atoms with van der Waals surface area (Å²) in [6.45, 7) is 3.06. The number of carbonyl (C=O) groups excluding carboxylic acids is 1. The van der Waals surface area contributed by atoms with Gasteiger partial charge in [0.05, 0.1) is 6.04 Å². The van der Waals surface area contributed by atoms with E-state index in [1.165, 1.54) is 0 Å². The molecular weight excluding hydrogens is 428 g/mol. The van der Waals surface area contributed by atoms with Crippen molar-refractivity contribution >= 4 is 5.91 Å². The van der Waals surface area contributed by atoms with Crippen LogP contribution in [0.15, 0.2) is 78.9 Å². The van der Waals surface area contributed by atoms with Gasteiger partial charge in [-0.2, -0.15) is 0 Å². The standard InChI is InChI=1S/C28H30N2O4/c31-28-12-7-15-30(28)18-25(22-10-5-2-6-11-22)29-17-24-20-33-26-14-13-23(16-27(26)34-24)32-19-21-8-3-1-4-9-21/h1-6,8-11,13-14,16,24-25,29H,7,12,15,17-20H2/t24-,25?/m1/s1. The van der Waals surface area contributed by atoms with Crippen molar-refractivity contribution in [2.75, 3.05) is 26.2 Å². The number of amides is 1. The van der Waals surface area contributed by atoms with Crippen molar-refractivity contribution in [3.05, 3.63) is 90.0 Å². The van der Waals surface area contributed by atoms with Crippen molar-refractivity contribution in [3.63, 3.8) is 0 Å². The number of ether oxygens (including phenoxy) is 3. The fourth-order valence-corrected chi connectivity index (χ4v) is 4.39. The minimum Gasteiger partial charge on any atom is -0.489 e. The average molecular weight is 459 g/mol. The van der Waals surface area contributed by atoms with E-state index in [0.29, 0.717) is 38.5 Å². The molecule has 6 nitrogen and oxygen atoms in total. The number of likely N-dealkylation sites (tertiary alicyclic amines) is 1. The van der Waals surface area contributed by atoms with E-state index in [9.17, 15) is 4.79 Å². The van der Waals surface area contributed by atoms with Crippen molar-refractivity contribution < 1.29 is 19.0 Å². The molecule has 3 aromatic carbocycles. The lowest BCUT2D eigenvalue weighted by molar-refractivity contribution is -0.128. The molecule has 1 N–H and O–H groups in total. The van der Waals surface area contributed by atoms with E-state index < -0.39 is 0 Å². The molecule has 0 radical (unpaired) electrons. The van der Waals surface area contributed by atoms with Crippen LogP contribution in [0.2, 0.25) is 0 Å². The lowest BCUT2D eigenvalue weighted by Gasteiger charge is -2.30. The lowest BCUT2D eigenvalue weighted by atomic mass is 10.1. The molecule has 0 bridgehead atoms. The summed E-state index contributed by atoms with van der Waals surface area (Å²) in [5.41, 5.74) is 2.28. The zero-order chi connectivity index (χ0) is 23.2. The second kappa shape index (κ2) is 10.6. The molecule has 5 rings (SSSR count). The number of benzene rings is 3. The van der Waals surface area contributed by atoms with E-state index in [0.717, 1.165) is 35.6 Å². The lowest BCUT2D eigenvalue weighted by Crippen LogP contribution is -2.43. The molecule has 3 aromatic rings. The summed E-state index contributed by atoms with van der Waals surface area (Å²) in [6.07, 6.45) is 1.44. The van der Waals surface area contributed by atoms with Crippen LogP contribution in [0, 0.1) is 0 Å². The zero-order valence-electron chi connectivity index (χ0n) is 19.2. The summed E-state index contributed by atoms with van der Waals surface area (Å²) in [5, 5.41) is 3.62. The van der Waals surface area contributed by atoms with E-state index in [-0.39, 0.29) is 18.1 Å². The maximum Gasteiger partial charge on any atom is 0.222 e. The molecule has 0 aromatic heterocycles. The summed E-state index contributed by atoms with van der Waals surface area (Å²) in [5.74, 6) is 2.40. The fraction of sp³-hybridized carbons (Fsp3) is 0.321. The molecule has 2 heterocycles. The molecule has 2 aliphatic heterocycles. The Bertz CT molecular complexity index is 1090. The molecule has 0 spiro atoms. The van der Waals surface area contributed by atoms with E-state index in [4.69, 9.17) is 14.2 Å². The molecule has 1 unspecified atom stereocenters. The topological polar surface area (TPSA) is 60.0 Å². The smallest absolute Gasteiger partial charge is 0.222 e. The second-order valence-electron chi connectivity index (χ2n) is 8.75. The molecule has 1 saturated heterocycles. The van der Waals surface area contributed by atoms with E-state index >= 15 is 0 Å². The van der Waals surface area contributed by atoms with E-state index in [1.807, 2.05) is 71.6 Å². The first-order valence-electron chi connectivity index (χ1n) is 11.9. The molecule has 0 aliphatic carbocycles. The van der Waals surface area contributed by atoms with Crippen LogP contribution in [-0.2, 0) is 11.4 Å². The predicted octanol–water partition coefficient (Wildman–Crippen LogP) is 4.36. The predicted molar refractivity (Wildman–Crippen MR) is 130 cm³/mol. The van der Waals surface area contributed by atoms with Crippen LogP contribution in [0.1, 0.15) is 30.0 Å². The van der Waals surface area contributed by atoms with E-state index in [1.54, 1.807) is 0 Å². The quantitative estimate of drug-likeness (QED) is 0.516. The van der Waals surface area contributed by atoms with Crippen LogP contribution in [0.25, 0.3) is 0 Å². The monoisotopic (exact) mass is 458 g/mol. The zero-order valence-corrected chi connectivity index (χ0v) is 19.2. The average Bonchev–Trinajstić information content (AvgIpc) is 3.30. The number of hydrogen-bond acceptors (Lipinski definition) is 5. The Balaban J connectivity index is 1.21. The summed E-state index contributed by atoms with van der Waals surface area (Å²) in [7, 11) is 0. The molecule has 176 valence electrons. The van der Waals surface area contributed by atoms with Crippen molar-refractivity contribution in [2.45, 2.75) is 31.6 Å². The first-order valence-corrected chi connectivity index (χ1v) is 11.9. The maximum atomic E-state index is 12.2. The van der Waals surface area contributed by atoms with Gasteiger partial charge < -0.3 is 24.4 Å². The van der Waals surface area contributed by atoms with Crippen molar-refractivity contribution in [2.24, 2.45) is 0 Å². The van der Waals surface area contributed by atoms with Gasteiger partial charge in [0.1, 0.15) is 25.1 Å². The third-order valence-corrected chi connectivity index (χ3v) is 6.25. The summed E-state index contributed by atoms with van der Waals surface area (Å²) >= 11 is 0. The first kappa shape index (κ1) is 22.3. The number of nitrogens with zero attached hydrogens (tertiary/aromatic N) is 1. The Hall–Kier alpha value is -3.51. The van der Waals surface area contributed by atoms with Crippen molar-refractivity contribution in [1.82, 2.24) is 10.2 Å². The Labute approximate surface area is 200 Å². The normalized spacial score (nSPS) is 18.1. The van der Waals surface area contributed by atoms with Crippen LogP contribution in [0.4, 0.5) is 0 Å². The molecule has 1 fully saturated rings. The van der Waals surface area contributed by atoms with Crippen molar-refractivity contribution in [1.29, 1.82) is 0 Å². The highest BCUT2D eigenvalue weighted by atomic mass is 16.6. The number of fused-ring (bicyclic) bond motifs is 1. The largest absolute Gasteiger partial charge is 0.489 e. The van der Waals surface area contributed by atoms with Gasteiger partial charge >= 0.3 is 0 Å². The van der Waals surface area contributed by atoms with Gasteiger partial charge in [-0.3, -0.25) is 4.79 Å². The number of nitrogens with one attached hydrogen (secondary N) is 1. The minimum atomic E-state index is -0.141. The van der Waals surface area contributed by atoms with Crippen LogP contribution in [-0.4, -0.2) is 43.2 Å². The SMILES string of the molecule is O=C1CCCN1CC(NC[C@@H]1COc2ccc(OCc3ccccc3)cc2O1)c1ccccc1. The van der Waals surface area contributed by atoms with Gasteiger partial charge in [0.25, 0.3) is 0 Å². The Kier molecular flexibility index (Phi) is 6.96. The summed E-state index contributed by atoms with van der Waals surface area (Å²) in [6, 6.07) is 26.1. The van der Waals surface area contributed by atoms with Gasteiger partial charge in [0.15, 0.2) is 11.5 Å². The van der Waals surface area contributed by atoms with Crippen molar-refractivity contribution in [3.8, 4) is 17.2 Å². The van der Waals surface area contributed by atoms with Gasteiger partial charge in [-0.1, -0.05) is 60.7 Å². The van der Waals surface area contributed by atoms with Crippen LogP contribution < -0.4 is 19.5 Å². The highest BCUT2D eigenvalue weighted by molar-refractivity contribution is 5.78.